The van der Waals surface area contributed by atoms with Crippen LogP contribution in [-0.4, -0.2) is 6.71 Å². The van der Waals surface area contributed by atoms with Crippen LogP contribution in [0.2, 0.25) is 0 Å². The molecule has 3 aromatic carbocycles. The number of hydrogen-bond donors (Lipinski definition) is 0. The van der Waals surface area contributed by atoms with Gasteiger partial charge in [-0.05, 0) is 57.6 Å². The van der Waals surface area contributed by atoms with Crippen molar-refractivity contribution in [3.8, 4) is 0 Å². The maximum absolute atomic E-state index is 2.36. The number of rotatable bonds is 9. The molecule has 1 heteroatoms. The molecule has 3 aromatic rings. The van der Waals surface area contributed by atoms with Crippen molar-refractivity contribution in [3.63, 3.8) is 0 Å². The Morgan fingerprint density at radius 3 is 1.37 bits per heavy atom. The average Bonchev–Trinajstić information content (AvgIpc) is 2.74. The molecule has 0 N–H and O–H groups in total. The van der Waals surface area contributed by atoms with E-state index in [4.69, 9.17) is 0 Å². The lowest BCUT2D eigenvalue weighted by atomic mass is 9.35. The molecule has 0 fully saturated rings. The van der Waals surface area contributed by atoms with E-state index in [1.807, 2.05) is 0 Å². The topological polar surface area (TPSA) is 0 Å². The molecule has 0 amide bonds. The zero-order valence-corrected chi connectivity index (χ0v) is 19.6. The van der Waals surface area contributed by atoms with Crippen molar-refractivity contribution in [2.24, 2.45) is 0 Å². The second-order valence-corrected chi connectivity index (χ2v) is 8.94. The summed E-state index contributed by atoms with van der Waals surface area (Å²) in [5, 5.41) is 0. The molecular formula is C29H37B. The fourth-order valence-electron chi connectivity index (χ4n) is 4.69. The van der Waals surface area contributed by atoms with Crippen molar-refractivity contribution in [1.82, 2.24) is 0 Å². The lowest BCUT2D eigenvalue weighted by Crippen LogP contribution is -2.54. The Kier molecular flexibility index (Phi) is 7.97. The van der Waals surface area contributed by atoms with Gasteiger partial charge in [-0.25, -0.2) is 0 Å². The minimum atomic E-state index is 0.283. The Bertz CT molecular complexity index is 861. The Labute approximate surface area is 184 Å². The van der Waals surface area contributed by atoms with Crippen LogP contribution in [0.5, 0.6) is 0 Å². The maximum atomic E-state index is 2.36. The van der Waals surface area contributed by atoms with Crippen LogP contribution in [0.4, 0.5) is 0 Å². The second-order valence-electron chi connectivity index (χ2n) is 8.94. The molecule has 156 valence electrons. The van der Waals surface area contributed by atoms with E-state index in [0.29, 0.717) is 0 Å². The molecule has 0 saturated carbocycles. The van der Waals surface area contributed by atoms with Gasteiger partial charge in [-0.1, -0.05) is 120 Å². The molecule has 0 unspecified atom stereocenters. The van der Waals surface area contributed by atoms with E-state index in [0.717, 1.165) is 0 Å². The molecule has 0 aliphatic carbocycles. The summed E-state index contributed by atoms with van der Waals surface area (Å²) in [6.07, 6.45) is 7.37. The number of aryl methyl sites for hydroxylation is 5. The summed E-state index contributed by atoms with van der Waals surface area (Å²) in [4.78, 5) is 0. The van der Waals surface area contributed by atoms with Crippen molar-refractivity contribution in [1.29, 1.82) is 0 Å². The first-order chi connectivity index (χ1) is 14.5. The first-order valence-corrected chi connectivity index (χ1v) is 11.8. The molecule has 0 atom stereocenters. The first-order valence-electron chi connectivity index (χ1n) is 11.8. The third kappa shape index (κ3) is 5.45. The van der Waals surface area contributed by atoms with Crippen molar-refractivity contribution in [2.45, 2.75) is 73.1 Å². The van der Waals surface area contributed by atoms with Crippen LogP contribution in [0.25, 0.3) is 0 Å². The van der Waals surface area contributed by atoms with Gasteiger partial charge in [-0.15, -0.1) is 0 Å². The van der Waals surface area contributed by atoms with E-state index in [9.17, 15) is 0 Å². The fourth-order valence-corrected chi connectivity index (χ4v) is 4.69. The molecule has 3 rings (SSSR count). The van der Waals surface area contributed by atoms with Crippen molar-refractivity contribution in [2.75, 3.05) is 0 Å². The number of hydrogen-bond acceptors (Lipinski definition) is 0. The highest BCUT2D eigenvalue weighted by Gasteiger charge is 2.25. The average molecular weight is 396 g/mol. The van der Waals surface area contributed by atoms with Crippen molar-refractivity contribution < 1.29 is 0 Å². The van der Waals surface area contributed by atoms with Crippen LogP contribution in [0.3, 0.4) is 0 Å². The Morgan fingerprint density at radius 1 is 0.600 bits per heavy atom. The number of unbranched alkanes of at least 4 members (excludes halogenated alkanes) is 2. The van der Waals surface area contributed by atoms with Crippen LogP contribution in [0, 0.1) is 20.8 Å². The molecule has 0 aromatic heterocycles. The SMILES string of the molecule is CCCCc1ccc(B(c2ccc(CCCC)cc2)c2c(C)cc(C)cc2C)cc1. The van der Waals surface area contributed by atoms with Gasteiger partial charge in [-0.2, -0.15) is 0 Å². The van der Waals surface area contributed by atoms with E-state index < -0.39 is 0 Å². The summed E-state index contributed by atoms with van der Waals surface area (Å²) >= 11 is 0. The molecule has 0 radical (unpaired) electrons. The van der Waals surface area contributed by atoms with Gasteiger partial charge in [0.1, 0.15) is 0 Å². The maximum Gasteiger partial charge on any atom is 0.241 e. The zero-order valence-electron chi connectivity index (χ0n) is 19.6. The van der Waals surface area contributed by atoms with E-state index in [2.05, 4.69) is 95.3 Å². The van der Waals surface area contributed by atoms with Crippen molar-refractivity contribution >= 4 is 23.1 Å². The normalized spacial score (nSPS) is 11.0. The van der Waals surface area contributed by atoms with Crippen LogP contribution in [0.15, 0.2) is 60.7 Å². The summed E-state index contributed by atoms with van der Waals surface area (Å²) in [7, 11) is 0. The molecule has 0 saturated heterocycles. The minimum absolute atomic E-state index is 0.283. The summed E-state index contributed by atoms with van der Waals surface area (Å²) in [5.74, 6) is 0. The van der Waals surface area contributed by atoms with E-state index in [-0.39, 0.29) is 6.71 Å². The van der Waals surface area contributed by atoms with Crippen LogP contribution >= 0.6 is 0 Å². The monoisotopic (exact) mass is 396 g/mol. The summed E-state index contributed by atoms with van der Waals surface area (Å²) < 4.78 is 0. The first kappa shape index (κ1) is 22.4. The van der Waals surface area contributed by atoms with E-state index in [1.165, 1.54) is 82.7 Å². The highest BCUT2D eigenvalue weighted by molar-refractivity contribution is 6.96. The Hall–Kier alpha value is -2.28. The predicted molar refractivity (Wildman–Crippen MR) is 135 cm³/mol. The summed E-state index contributed by atoms with van der Waals surface area (Å²) in [6.45, 7) is 11.5. The highest BCUT2D eigenvalue weighted by Crippen LogP contribution is 2.11. The van der Waals surface area contributed by atoms with Gasteiger partial charge in [0.15, 0.2) is 0 Å². The van der Waals surface area contributed by atoms with Crippen LogP contribution in [-0.2, 0) is 12.8 Å². The third-order valence-corrected chi connectivity index (χ3v) is 6.29. The molecule has 0 spiro atoms. The van der Waals surface area contributed by atoms with Gasteiger partial charge >= 0.3 is 0 Å². The molecular weight excluding hydrogens is 359 g/mol. The largest absolute Gasteiger partial charge is 0.241 e. The summed E-state index contributed by atoms with van der Waals surface area (Å²) in [6, 6.07) is 23.5. The molecule has 0 heterocycles. The predicted octanol–water partition coefficient (Wildman–Crippen LogP) is 5.81. The molecule has 0 aliphatic rings. The molecule has 0 aliphatic heterocycles. The Morgan fingerprint density at radius 2 is 1.00 bits per heavy atom. The third-order valence-electron chi connectivity index (χ3n) is 6.29. The van der Waals surface area contributed by atoms with Gasteiger partial charge in [-0.3, -0.25) is 0 Å². The van der Waals surface area contributed by atoms with Gasteiger partial charge in [0.2, 0.25) is 6.71 Å². The van der Waals surface area contributed by atoms with E-state index in [1.54, 1.807) is 0 Å². The lowest BCUT2D eigenvalue weighted by molar-refractivity contribution is 0.795. The van der Waals surface area contributed by atoms with Gasteiger partial charge in [0.05, 0.1) is 0 Å². The minimum Gasteiger partial charge on any atom is -0.0686 e. The molecule has 0 nitrogen and oxygen atoms in total. The fraction of sp³-hybridized carbons (Fsp3) is 0.379. The van der Waals surface area contributed by atoms with Gasteiger partial charge < -0.3 is 0 Å². The number of benzene rings is 3. The quantitative estimate of drug-likeness (QED) is 0.400. The van der Waals surface area contributed by atoms with Crippen LogP contribution < -0.4 is 16.4 Å². The van der Waals surface area contributed by atoms with Crippen LogP contribution in [0.1, 0.15) is 67.3 Å². The van der Waals surface area contributed by atoms with Gasteiger partial charge in [0.25, 0.3) is 0 Å². The van der Waals surface area contributed by atoms with E-state index >= 15 is 0 Å². The Balaban J connectivity index is 2.03. The lowest BCUT2D eigenvalue weighted by Gasteiger charge is -2.21. The standard InChI is InChI=1S/C29H37B/c1-6-8-10-25-12-16-27(17-13-25)30(29-23(4)20-22(3)21-24(29)5)28-18-14-26(15-19-28)11-9-7-2/h12-21H,6-11H2,1-5H3. The highest BCUT2D eigenvalue weighted by atomic mass is 14.1. The smallest absolute Gasteiger partial charge is 0.0686 e. The molecule has 0 bridgehead atoms. The van der Waals surface area contributed by atoms with Gasteiger partial charge in [0, 0.05) is 0 Å². The van der Waals surface area contributed by atoms with Crippen molar-refractivity contribution in [3.05, 3.63) is 88.5 Å². The second kappa shape index (κ2) is 10.7. The zero-order chi connectivity index (χ0) is 21.5. The molecule has 30 heavy (non-hydrogen) atoms. The summed E-state index contributed by atoms with van der Waals surface area (Å²) in [5.41, 5.74) is 11.3.